The van der Waals surface area contributed by atoms with Crippen molar-refractivity contribution in [3.05, 3.63) is 58.6 Å². The lowest BCUT2D eigenvalue weighted by atomic mass is 10.3. The van der Waals surface area contributed by atoms with Crippen molar-refractivity contribution in [1.82, 2.24) is 10.9 Å². The molecule has 0 aliphatic carbocycles. The molecule has 6 nitrogen and oxygen atoms in total. The SMILES string of the molecule is CC(Oc1ccc(Cl)cc1Cl)C(=O)NNC(=O)COc1ccccc1. The molecule has 1 unspecified atom stereocenters. The van der Waals surface area contributed by atoms with Crippen molar-refractivity contribution in [2.45, 2.75) is 13.0 Å². The molecule has 0 spiro atoms. The number of amides is 2. The third kappa shape index (κ3) is 6.17. The normalized spacial score (nSPS) is 11.3. The van der Waals surface area contributed by atoms with Gasteiger partial charge >= 0.3 is 0 Å². The maximum Gasteiger partial charge on any atom is 0.279 e. The lowest BCUT2D eigenvalue weighted by Gasteiger charge is -2.16. The van der Waals surface area contributed by atoms with Crippen LogP contribution in [0, 0.1) is 0 Å². The molecule has 0 radical (unpaired) electrons. The van der Waals surface area contributed by atoms with Crippen molar-refractivity contribution in [3.8, 4) is 11.5 Å². The molecular weight excluding hydrogens is 367 g/mol. The fourth-order valence-corrected chi connectivity index (χ4v) is 2.20. The minimum Gasteiger partial charge on any atom is -0.484 e. The van der Waals surface area contributed by atoms with Crippen LogP contribution in [0.25, 0.3) is 0 Å². The molecule has 2 amide bonds. The Labute approximate surface area is 155 Å². The van der Waals surface area contributed by atoms with E-state index in [1.165, 1.54) is 13.0 Å². The van der Waals surface area contributed by atoms with Gasteiger partial charge in [-0.3, -0.25) is 20.4 Å². The van der Waals surface area contributed by atoms with Gasteiger partial charge in [-0.25, -0.2) is 0 Å². The van der Waals surface area contributed by atoms with Crippen LogP contribution in [0.3, 0.4) is 0 Å². The van der Waals surface area contributed by atoms with Gasteiger partial charge in [0.15, 0.2) is 12.7 Å². The van der Waals surface area contributed by atoms with Crippen molar-refractivity contribution in [3.63, 3.8) is 0 Å². The molecule has 2 rings (SSSR count). The lowest BCUT2D eigenvalue weighted by Crippen LogP contribution is -2.48. The number of nitrogens with one attached hydrogen (secondary N) is 2. The summed E-state index contributed by atoms with van der Waals surface area (Å²) in [5.41, 5.74) is 4.50. The van der Waals surface area contributed by atoms with Gasteiger partial charge in [0.1, 0.15) is 11.5 Å². The second-order valence-corrected chi connectivity index (χ2v) is 5.82. The van der Waals surface area contributed by atoms with Gasteiger partial charge in [0, 0.05) is 5.02 Å². The van der Waals surface area contributed by atoms with Crippen LogP contribution in [0.2, 0.25) is 10.0 Å². The first-order chi connectivity index (χ1) is 12.0. The summed E-state index contributed by atoms with van der Waals surface area (Å²) < 4.78 is 10.7. The molecule has 2 aromatic carbocycles. The van der Waals surface area contributed by atoms with Crippen LogP contribution in [0.5, 0.6) is 11.5 Å². The van der Waals surface area contributed by atoms with Crippen molar-refractivity contribution < 1.29 is 19.1 Å². The van der Waals surface area contributed by atoms with Crippen molar-refractivity contribution in [2.75, 3.05) is 6.61 Å². The Kier molecular flexibility index (Phi) is 6.91. The zero-order chi connectivity index (χ0) is 18.2. The molecule has 0 bridgehead atoms. The van der Waals surface area contributed by atoms with Gasteiger partial charge in [-0.15, -0.1) is 0 Å². The number of hydrogen-bond acceptors (Lipinski definition) is 4. The summed E-state index contributed by atoms with van der Waals surface area (Å²) in [7, 11) is 0. The highest BCUT2D eigenvalue weighted by molar-refractivity contribution is 6.35. The molecule has 0 heterocycles. The third-order valence-electron chi connectivity index (χ3n) is 3.01. The van der Waals surface area contributed by atoms with Gasteiger partial charge in [0.2, 0.25) is 0 Å². The summed E-state index contributed by atoms with van der Waals surface area (Å²) in [6.45, 7) is 1.29. The van der Waals surface area contributed by atoms with Crippen LogP contribution in [-0.2, 0) is 9.59 Å². The zero-order valence-corrected chi connectivity index (χ0v) is 14.8. The highest BCUT2D eigenvalue weighted by Gasteiger charge is 2.17. The Morgan fingerprint density at radius 1 is 1.08 bits per heavy atom. The van der Waals surface area contributed by atoms with E-state index in [4.69, 9.17) is 32.7 Å². The van der Waals surface area contributed by atoms with Crippen LogP contribution < -0.4 is 20.3 Å². The standard InChI is InChI=1S/C17H16Cl2N2O4/c1-11(25-15-8-7-12(18)9-14(15)19)17(23)21-20-16(22)10-24-13-5-3-2-4-6-13/h2-9,11H,10H2,1H3,(H,20,22)(H,21,23). The minimum atomic E-state index is -0.881. The fraction of sp³-hybridized carbons (Fsp3) is 0.176. The van der Waals surface area contributed by atoms with Gasteiger partial charge in [0.05, 0.1) is 5.02 Å². The lowest BCUT2D eigenvalue weighted by molar-refractivity contribution is -0.133. The topological polar surface area (TPSA) is 76.7 Å². The molecule has 132 valence electrons. The predicted octanol–water partition coefficient (Wildman–Crippen LogP) is 2.99. The molecule has 1 atom stereocenters. The maximum atomic E-state index is 11.9. The van der Waals surface area contributed by atoms with E-state index in [0.29, 0.717) is 16.5 Å². The van der Waals surface area contributed by atoms with E-state index >= 15 is 0 Å². The number of benzene rings is 2. The molecule has 8 heteroatoms. The summed E-state index contributed by atoms with van der Waals surface area (Å²) in [5, 5.41) is 0.743. The highest BCUT2D eigenvalue weighted by Crippen LogP contribution is 2.28. The molecule has 0 aliphatic rings. The Bertz CT molecular complexity index is 741. The summed E-state index contributed by atoms with van der Waals surface area (Å²) in [4.78, 5) is 23.6. The summed E-state index contributed by atoms with van der Waals surface area (Å²) in [5.74, 6) is -0.182. The number of hydrogen-bond donors (Lipinski definition) is 2. The van der Waals surface area contributed by atoms with Crippen molar-refractivity contribution in [2.24, 2.45) is 0 Å². The number of halogens is 2. The fourth-order valence-electron chi connectivity index (χ4n) is 1.75. The number of para-hydroxylation sites is 1. The van der Waals surface area contributed by atoms with E-state index in [1.807, 2.05) is 6.07 Å². The first-order valence-corrected chi connectivity index (χ1v) is 8.09. The number of hydrazine groups is 1. The minimum absolute atomic E-state index is 0.234. The number of carbonyl (C=O) groups excluding carboxylic acids is 2. The second-order valence-electron chi connectivity index (χ2n) is 4.97. The molecule has 0 fully saturated rings. The quantitative estimate of drug-likeness (QED) is 0.752. The molecule has 0 aliphatic heterocycles. The van der Waals surface area contributed by atoms with Gasteiger partial charge in [-0.05, 0) is 37.3 Å². The zero-order valence-electron chi connectivity index (χ0n) is 13.3. The monoisotopic (exact) mass is 382 g/mol. The van der Waals surface area contributed by atoms with E-state index in [0.717, 1.165) is 0 Å². The summed E-state index contributed by atoms with van der Waals surface area (Å²) in [6.07, 6.45) is -0.881. The molecule has 25 heavy (non-hydrogen) atoms. The molecule has 2 aromatic rings. The van der Waals surface area contributed by atoms with Gasteiger partial charge in [-0.2, -0.15) is 0 Å². The summed E-state index contributed by atoms with van der Waals surface area (Å²) >= 11 is 11.8. The first-order valence-electron chi connectivity index (χ1n) is 7.34. The Balaban J connectivity index is 1.76. The van der Waals surface area contributed by atoms with Crippen LogP contribution in [0.1, 0.15) is 6.92 Å². The van der Waals surface area contributed by atoms with E-state index in [2.05, 4.69) is 10.9 Å². The Morgan fingerprint density at radius 3 is 2.48 bits per heavy atom. The highest BCUT2D eigenvalue weighted by atomic mass is 35.5. The van der Waals surface area contributed by atoms with Crippen molar-refractivity contribution in [1.29, 1.82) is 0 Å². The van der Waals surface area contributed by atoms with E-state index in [9.17, 15) is 9.59 Å². The second kappa shape index (κ2) is 9.15. The van der Waals surface area contributed by atoms with Gasteiger partial charge in [0.25, 0.3) is 11.8 Å². The van der Waals surface area contributed by atoms with E-state index in [1.54, 1.807) is 36.4 Å². The molecule has 0 saturated carbocycles. The van der Waals surface area contributed by atoms with Crippen LogP contribution in [0.15, 0.2) is 48.5 Å². The third-order valence-corrected chi connectivity index (χ3v) is 3.54. The van der Waals surface area contributed by atoms with Gasteiger partial charge in [-0.1, -0.05) is 41.4 Å². The number of ether oxygens (including phenoxy) is 2. The molecule has 0 saturated heterocycles. The van der Waals surface area contributed by atoms with E-state index in [-0.39, 0.29) is 11.6 Å². The number of rotatable bonds is 6. The Hall–Kier alpha value is -2.44. The smallest absolute Gasteiger partial charge is 0.279 e. The van der Waals surface area contributed by atoms with Gasteiger partial charge < -0.3 is 9.47 Å². The summed E-state index contributed by atoms with van der Waals surface area (Å²) in [6, 6.07) is 13.5. The van der Waals surface area contributed by atoms with Crippen LogP contribution >= 0.6 is 23.2 Å². The van der Waals surface area contributed by atoms with E-state index < -0.39 is 17.9 Å². The average Bonchev–Trinajstić information content (AvgIpc) is 2.61. The molecule has 0 aromatic heterocycles. The molecular formula is C17H16Cl2N2O4. The maximum absolute atomic E-state index is 11.9. The number of carbonyl (C=O) groups is 2. The first kappa shape index (κ1) is 18.9. The Morgan fingerprint density at radius 2 is 1.80 bits per heavy atom. The predicted molar refractivity (Wildman–Crippen MR) is 94.8 cm³/mol. The van der Waals surface area contributed by atoms with Crippen molar-refractivity contribution >= 4 is 35.0 Å². The van der Waals surface area contributed by atoms with Crippen LogP contribution in [0.4, 0.5) is 0 Å². The van der Waals surface area contributed by atoms with Crippen LogP contribution in [-0.4, -0.2) is 24.5 Å². The molecule has 2 N–H and O–H groups in total. The largest absolute Gasteiger partial charge is 0.484 e. The average molecular weight is 383 g/mol.